The number of nitrogens with two attached hydrogens (primary N) is 1. The van der Waals surface area contributed by atoms with E-state index < -0.39 is 0 Å². The van der Waals surface area contributed by atoms with Crippen LogP contribution in [-0.2, 0) is 6.54 Å². The first-order valence-electron chi connectivity index (χ1n) is 5.19. The van der Waals surface area contributed by atoms with E-state index in [4.69, 9.17) is 11.0 Å². The van der Waals surface area contributed by atoms with Gasteiger partial charge in [0.25, 0.3) is 0 Å². The maximum Gasteiger partial charge on any atom is 0.166 e. The van der Waals surface area contributed by atoms with Crippen molar-refractivity contribution in [1.29, 1.82) is 5.26 Å². The summed E-state index contributed by atoms with van der Waals surface area (Å²) in [7, 11) is 0. The summed E-state index contributed by atoms with van der Waals surface area (Å²) in [5, 5.41) is 13.0. The third-order valence-electron chi connectivity index (χ3n) is 2.24. The summed E-state index contributed by atoms with van der Waals surface area (Å²) in [6, 6.07) is 5.39. The van der Waals surface area contributed by atoms with E-state index in [9.17, 15) is 0 Å². The quantitative estimate of drug-likeness (QED) is 0.830. The standard InChI is InChI=1S/C11H12N6/c1-8(13)11-15-7-17(16-11)6-9-2-3-14-10(4-9)5-12/h2-4,7-8H,6,13H2,1H3. The minimum atomic E-state index is -0.177. The number of nitrogens with zero attached hydrogens (tertiary/aromatic N) is 5. The van der Waals surface area contributed by atoms with Crippen LogP contribution in [0.2, 0.25) is 0 Å². The Morgan fingerprint density at radius 3 is 3.00 bits per heavy atom. The minimum Gasteiger partial charge on any atom is -0.321 e. The molecule has 0 spiro atoms. The lowest BCUT2D eigenvalue weighted by Gasteiger charge is -2.01. The molecule has 1 atom stereocenters. The number of hydrogen-bond acceptors (Lipinski definition) is 5. The van der Waals surface area contributed by atoms with Gasteiger partial charge in [-0.15, -0.1) is 0 Å². The highest BCUT2D eigenvalue weighted by Crippen LogP contribution is 2.05. The lowest BCUT2D eigenvalue weighted by atomic mass is 10.2. The molecule has 2 rings (SSSR count). The van der Waals surface area contributed by atoms with Gasteiger partial charge in [0.15, 0.2) is 5.82 Å². The molecule has 2 aromatic rings. The highest BCUT2D eigenvalue weighted by Gasteiger charge is 2.06. The Kier molecular flexibility index (Phi) is 3.12. The molecule has 0 radical (unpaired) electrons. The second kappa shape index (κ2) is 4.72. The minimum absolute atomic E-state index is 0.177. The van der Waals surface area contributed by atoms with Crippen molar-refractivity contribution in [3.63, 3.8) is 0 Å². The van der Waals surface area contributed by atoms with Crippen LogP contribution in [0.3, 0.4) is 0 Å². The fourth-order valence-corrected chi connectivity index (χ4v) is 1.41. The van der Waals surface area contributed by atoms with Crippen LogP contribution in [-0.4, -0.2) is 19.7 Å². The van der Waals surface area contributed by atoms with E-state index in [0.717, 1.165) is 5.56 Å². The van der Waals surface area contributed by atoms with E-state index in [1.165, 1.54) is 0 Å². The van der Waals surface area contributed by atoms with E-state index in [1.807, 2.05) is 19.1 Å². The lowest BCUT2D eigenvalue weighted by molar-refractivity contribution is 0.649. The van der Waals surface area contributed by atoms with E-state index in [-0.39, 0.29) is 6.04 Å². The fourth-order valence-electron chi connectivity index (χ4n) is 1.41. The molecular weight excluding hydrogens is 216 g/mol. The first-order valence-corrected chi connectivity index (χ1v) is 5.19. The van der Waals surface area contributed by atoms with Crippen molar-refractivity contribution in [2.45, 2.75) is 19.5 Å². The van der Waals surface area contributed by atoms with Crippen molar-refractivity contribution in [2.75, 3.05) is 0 Å². The SMILES string of the molecule is CC(N)c1ncn(Cc2ccnc(C#N)c2)n1. The van der Waals surface area contributed by atoms with Crippen molar-refractivity contribution in [1.82, 2.24) is 19.7 Å². The molecule has 6 nitrogen and oxygen atoms in total. The molecule has 6 heteroatoms. The van der Waals surface area contributed by atoms with E-state index in [2.05, 4.69) is 15.1 Å². The molecule has 86 valence electrons. The van der Waals surface area contributed by atoms with E-state index in [1.54, 1.807) is 23.3 Å². The summed E-state index contributed by atoms with van der Waals surface area (Å²) in [5.74, 6) is 0.611. The summed E-state index contributed by atoms with van der Waals surface area (Å²) in [6.45, 7) is 2.39. The number of hydrogen-bond donors (Lipinski definition) is 1. The summed E-state index contributed by atoms with van der Waals surface area (Å²) in [5.41, 5.74) is 7.03. The summed E-state index contributed by atoms with van der Waals surface area (Å²) in [6.07, 6.45) is 3.24. The highest BCUT2D eigenvalue weighted by atomic mass is 15.3. The van der Waals surface area contributed by atoms with Crippen molar-refractivity contribution in [2.24, 2.45) is 5.73 Å². The molecule has 0 aliphatic carbocycles. The van der Waals surface area contributed by atoms with Gasteiger partial charge in [0.05, 0.1) is 12.6 Å². The molecule has 0 aliphatic heterocycles. The maximum absolute atomic E-state index is 8.74. The van der Waals surface area contributed by atoms with Gasteiger partial charge in [-0.2, -0.15) is 10.4 Å². The molecule has 0 fully saturated rings. The van der Waals surface area contributed by atoms with Crippen molar-refractivity contribution >= 4 is 0 Å². The van der Waals surface area contributed by atoms with E-state index in [0.29, 0.717) is 18.1 Å². The average molecular weight is 228 g/mol. The third-order valence-corrected chi connectivity index (χ3v) is 2.24. The topological polar surface area (TPSA) is 93.4 Å². The highest BCUT2D eigenvalue weighted by molar-refractivity contribution is 5.25. The van der Waals surface area contributed by atoms with Crippen LogP contribution < -0.4 is 5.73 Å². The summed E-state index contributed by atoms with van der Waals surface area (Å²) < 4.78 is 1.69. The fraction of sp³-hybridized carbons (Fsp3) is 0.273. The largest absolute Gasteiger partial charge is 0.321 e. The van der Waals surface area contributed by atoms with Gasteiger partial charge in [0, 0.05) is 6.20 Å². The van der Waals surface area contributed by atoms with Gasteiger partial charge < -0.3 is 5.73 Å². The Bertz CT molecular complexity index is 551. The zero-order valence-corrected chi connectivity index (χ0v) is 9.41. The molecule has 0 bridgehead atoms. The smallest absolute Gasteiger partial charge is 0.166 e. The average Bonchev–Trinajstić information content (AvgIpc) is 2.78. The van der Waals surface area contributed by atoms with Crippen molar-refractivity contribution in [3.8, 4) is 6.07 Å². The van der Waals surface area contributed by atoms with Gasteiger partial charge in [-0.05, 0) is 24.6 Å². The van der Waals surface area contributed by atoms with Gasteiger partial charge in [-0.1, -0.05) is 0 Å². The third kappa shape index (κ3) is 2.65. The first-order chi connectivity index (χ1) is 8.19. The van der Waals surface area contributed by atoms with Crippen LogP contribution >= 0.6 is 0 Å². The lowest BCUT2D eigenvalue weighted by Crippen LogP contribution is -2.08. The number of pyridine rings is 1. The maximum atomic E-state index is 8.74. The Morgan fingerprint density at radius 1 is 1.53 bits per heavy atom. The van der Waals surface area contributed by atoms with Crippen LogP contribution in [0.4, 0.5) is 0 Å². The zero-order valence-electron chi connectivity index (χ0n) is 9.41. The molecule has 0 amide bonds. The molecule has 0 aliphatic rings. The van der Waals surface area contributed by atoms with Gasteiger partial charge in [0.2, 0.25) is 0 Å². The Labute approximate surface area is 98.7 Å². The molecule has 0 saturated carbocycles. The molecule has 1 unspecified atom stereocenters. The van der Waals surface area contributed by atoms with Gasteiger partial charge in [0.1, 0.15) is 18.1 Å². The normalized spacial score (nSPS) is 12.1. The Morgan fingerprint density at radius 2 is 2.35 bits per heavy atom. The van der Waals surface area contributed by atoms with Crippen LogP contribution in [0.15, 0.2) is 24.7 Å². The molecule has 2 heterocycles. The Hall–Kier alpha value is -2.26. The zero-order chi connectivity index (χ0) is 12.3. The van der Waals surface area contributed by atoms with Gasteiger partial charge >= 0.3 is 0 Å². The van der Waals surface area contributed by atoms with Gasteiger partial charge in [-0.25, -0.2) is 14.6 Å². The Balaban J connectivity index is 2.17. The number of nitriles is 1. The predicted octanol–water partition coefficient (Wildman–Crippen LogP) is 0.613. The van der Waals surface area contributed by atoms with Crippen molar-refractivity contribution < 1.29 is 0 Å². The summed E-state index contributed by atoms with van der Waals surface area (Å²) in [4.78, 5) is 8.01. The second-order valence-corrected chi connectivity index (χ2v) is 3.75. The molecular formula is C11H12N6. The predicted molar refractivity (Wildman–Crippen MR) is 60.7 cm³/mol. The van der Waals surface area contributed by atoms with Gasteiger partial charge in [-0.3, -0.25) is 0 Å². The summed E-state index contributed by atoms with van der Waals surface area (Å²) >= 11 is 0. The number of rotatable bonds is 3. The molecule has 2 aromatic heterocycles. The second-order valence-electron chi connectivity index (χ2n) is 3.75. The molecule has 17 heavy (non-hydrogen) atoms. The van der Waals surface area contributed by atoms with Crippen LogP contribution in [0, 0.1) is 11.3 Å². The van der Waals surface area contributed by atoms with Crippen LogP contribution in [0.1, 0.15) is 30.0 Å². The number of aromatic nitrogens is 4. The molecule has 2 N–H and O–H groups in total. The molecule has 0 saturated heterocycles. The monoisotopic (exact) mass is 228 g/mol. The molecule has 0 aromatic carbocycles. The van der Waals surface area contributed by atoms with Crippen molar-refractivity contribution in [3.05, 3.63) is 41.7 Å². The first kappa shape index (κ1) is 11.2. The van der Waals surface area contributed by atoms with Crippen LogP contribution in [0.5, 0.6) is 0 Å². The van der Waals surface area contributed by atoms with Crippen LogP contribution in [0.25, 0.3) is 0 Å². The van der Waals surface area contributed by atoms with E-state index >= 15 is 0 Å².